The third-order valence-corrected chi connectivity index (χ3v) is 6.62. The van der Waals surface area contributed by atoms with Gasteiger partial charge in [-0.3, -0.25) is 4.90 Å². The average molecular weight is 431 g/mol. The van der Waals surface area contributed by atoms with Crippen LogP contribution in [0.5, 0.6) is 0 Å². The Morgan fingerprint density at radius 1 is 0.931 bits per heavy atom. The standard InChI is InChI=1S/C25H32Cl2N2/c1-18(2)25(17-28,24-22(26)12-9-13-23(24)27)15-14-20(5)29(19(3)4)16-21-10-7-6-8-11-21/h6-13,18-20H,14-16H2,1-5H3. The number of hydrogen-bond acceptors (Lipinski definition) is 2. The molecule has 0 amide bonds. The van der Waals surface area contributed by atoms with Crippen LogP contribution < -0.4 is 0 Å². The van der Waals surface area contributed by atoms with Gasteiger partial charge in [-0.15, -0.1) is 0 Å². The molecule has 2 rings (SSSR count). The minimum atomic E-state index is -0.709. The van der Waals surface area contributed by atoms with Crippen LogP contribution in [0.25, 0.3) is 0 Å². The summed E-state index contributed by atoms with van der Waals surface area (Å²) in [5.74, 6) is 0.0960. The zero-order valence-electron chi connectivity index (χ0n) is 18.1. The molecular formula is C25H32Cl2N2. The van der Waals surface area contributed by atoms with E-state index in [0.29, 0.717) is 28.5 Å². The van der Waals surface area contributed by atoms with Crippen LogP contribution >= 0.6 is 23.2 Å². The fourth-order valence-corrected chi connectivity index (χ4v) is 4.85. The van der Waals surface area contributed by atoms with Gasteiger partial charge in [0.15, 0.2) is 0 Å². The third kappa shape index (κ3) is 5.54. The highest BCUT2D eigenvalue weighted by atomic mass is 35.5. The molecule has 156 valence electrons. The van der Waals surface area contributed by atoms with E-state index in [0.717, 1.165) is 18.5 Å². The molecule has 0 spiro atoms. The number of nitrogens with zero attached hydrogens (tertiary/aromatic N) is 2. The average Bonchev–Trinajstić information content (AvgIpc) is 2.68. The number of halogens is 2. The predicted octanol–water partition coefficient (Wildman–Crippen LogP) is 7.49. The van der Waals surface area contributed by atoms with Crippen LogP contribution in [0.15, 0.2) is 48.5 Å². The first-order valence-electron chi connectivity index (χ1n) is 10.4. The van der Waals surface area contributed by atoms with Crippen molar-refractivity contribution >= 4 is 23.2 Å². The molecule has 2 aromatic carbocycles. The lowest BCUT2D eigenvalue weighted by molar-refractivity contribution is 0.138. The van der Waals surface area contributed by atoms with Gasteiger partial charge in [-0.25, -0.2) is 0 Å². The molecule has 0 aliphatic carbocycles. The van der Waals surface area contributed by atoms with Crippen LogP contribution in [0.4, 0.5) is 0 Å². The van der Waals surface area contributed by atoms with Crippen LogP contribution in [-0.2, 0) is 12.0 Å². The molecule has 0 aliphatic heterocycles. The van der Waals surface area contributed by atoms with Crippen molar-refractivity contribution in [1.29, 1.82) is 5.26 Å². The quantitative estimate of drug-likeness (QED) is 0.411. The summed E-state index contributed by atoms with van der Waals surface area (Å²) in [6.07, 6.45) is 1.60. The monoisotopic (exact) mass is 430 g/mol. The molecule has 0 saturated heterocycles. The van der Waals surface area contributed by atoms with Crippen LogP contribution in [0.2, 0.25) is 10.0 Å². The Morgan fingerprint density at radius 3 is 2.00 bits per heavy atom. The van der Waals surface area contributed by atoms with Gasteiger partial charge in [-0.05, 0) is 57.2 Å². The summed E-state index contributed by atoms with van der Waals surface area (Å²) in [4.78, 5) is 2.49. The lowest BCUT2D eigenvalue weighted by atomic mass is 9.69. The van der Waals surface area contributed by atoms with Crippen LogP contribution in [0, 0.1) is 17.2 Å². The molecular weight excluding hydrogens is 399 g/mol. The SMILES string of the molecule is CC(C)N(Cc1ccccc1)C(C)CCC(C#N)(c1c(Cl)cccc1Cl)C(C)C. The summed E-state index contributed by atoms with van der Waals surface area (Å²) in [6.45, 7) is 11.8. The Morgan fingerprint density at radius 2 is 1.52 bits per heavy atom. The van der Waals surface area contributed by atoms with E-state index < -0.39 is 5.41 Å². The van der Waals surface area contributed by atoms with Gasteiger partial charge in [-0.2, -0.15) is 5.26 Å². The second kappa shape index (κ2) is 10.5. The van der Waals surface area contributed by atoms with Gasteiger partial charge in [0.2, 0.25) is 0 Å². The molecule has 29 heavy (non-hydrogen) atoms. The molecule has 0 N–H and O–H groups in total. The Labute approximate surface area is 186 Å². The fourth-order valence-electron chi connectivity index (χ4n) is 4.11. The van der Waals surface area contributed by atoms with Crippen molar-refractivity contribution in [2.24, 2.45) is 5.92 Å². The summed E-state index contributed by atoms with van der Waals surface area (Å²) in [5.41, 5.74) is 1.36. The normalized spacial score (nSPS) is 14.8. The second-order valence-corrected chi connectivity index (χ2v) is 9.29. The summed E-state index contributed by atoms with van der Waals surface area (Å²) in [5, 5.41) is 11.4. The van der Waals surface area contributed by atoms with Crippen molar-refractivity contribution in [2.45, 2.75) is 71.5 Å². The molecule has 0 aromatic heterocycles. The number of nitriles is 1. The minimum absolute atomic E-state index is 0.0960. The molecule has 0 aliphatic rings. The second-order valence-electron chi connectivity index (χ2n) is 8.47. The van der Waals surface area contributed by atoms with E-state index in [9.17, 15) is 5.26 Å². The maximum Gasteiger partial charge on any atom is 0.0874 e. The first-order valence-corrected chi connectivity index (χ1v) is 11.1. The van der Waals surface area contributed by atoms with Gasteiger partial charge in [0.05, 0.1) is 11.5 Å². The van der Waals surface area contributed by atoms with Crippen molar-refractivity contribution in [3.8, 4) is 6.07 Å². The third-order valence-electron chi connectivity index (χ3n) is 5.99. The molecule has 0 bridgehead atoms. The van der Waals surface area contributed by atoms with Gasteiger partial charge in [0, 0.05) is 34.2 Å². The maximum absolute atomic E-state index is 10.3. The summed E-state index contributed by atoms with van der Waals surface area (Å²) < 4.78 is 0. The van der Waals surface area contributed by atoms with Gasteiger partial charge >= 0.3 is 0 Å². The van der Waals surface area contributed by atoms with E-state index in [1.807, 2.05) is 24.3 Å². The highest BCUT2D eigenvalue weighted by Gasteiger charge is 2.39. The van der Waals surface area contributed by atoms with E-state index in [1.165, 1.54) is 5.56 Å². The van der Waals surface area contributed by atoms with Crippen LogP contribution in [0.1, 0.15) is 58.6 Å². The molecule has 4 heteroatoms. The van der Waals surface area contributed by atoms with E-state index in [-0.39, 0.29) is 5.92 Å². The van der Waals surface area contributed by atoms with Crippen LogP contribution in [0.3, 0.4) is 0 Å². The Bertz CT molecular complexity index is 806. The highest BCUT2D eigenvalue weighted by molar-refractivity contribution is 6.36. The van der Waals surface area contributed by atoms with Gasteiger partial charge in [-0.1, -0.05) is 73.4 Å². The molecule has 2 unspecified atom stereocenters. The zero-order chi connectivity index (χ0) is 21.6. The molecule has 0 fully saturated rings. The number of hydrogen-bond donors (Lipinski definition) is 0. The van der Waals surface area contributed by atoms with Crippen molar-refractivity contribution in [3.05, 3.63) is 69.7 Å². The topological polar surface area (TPSA) is 27.0 Å². The van der Waals surface area contributed by atoms with E-state index in [4.69, 9.17) is 23.2 Å². The summed E-state index contributed by atoms with van der Waals surface area (Å²) in [7, 11) is 0. The van der Waals surface area contributed by atoms with Crippen molar-refractivity contribution < 1.29 is 0 Å². The van der Waals surface area contributed by atoms with Gasteiger partial charge < -0.3 is 0 Å². The van der Waals surface area contributed by atoms with Crippen LogP contribution in [-0.4, -0.2) is 17.0 Å². The van der Waals surface area contributed by atoms with E-state index in [2.05, 4.69) is 69.9 Å². The lowest BCUT2D eigenvalue weighted by Gasteiger charge is -2.37. The first kappa shape index (κ1) is 23.7. The smallest absolute Gasteiger partial charge is 0.0874 e. The fraction of sp³-hybridized carbons (Fsp3) is 0.480. The largest absolute Gasteiger partial charge is 0.294 e. The van der Waals surface area contributed by atoms with Crippen molar-refractivity contribution in [3.63, 3.8) is 0 Å². The Hall–Kier alpha value is -1.53. The maximum atomic E-state index is 10.3. The van der Waals surface area contributed by atoms with Gasteiger partial charge in [0.25, 0.3) is 0 Å². The zero-order valence-corrected chi connectivity index (χ0v) is 19.6. The lowest BCUT2D eigenvalue weighted by Crippen LogP contribution is -2.40. The molecule has 2 aromatic rings. The molecule has 2 nitrogen and oxygen atoms in total. The predicted molar refractivity (Wildman–Crippen MR) is 124 cm³/mol. The molecule has 0 heterocycles. The Kier molecular flexibility index (Phi) is 8.58. The van der Waals surface area contributed by atoms with Gasteiger partial charge in [0.1, 0.15) is 0 Å². The number of rotatable bonds is 9. The Balaban J connectivity index is 2.27. The van der Waals surface area contributed by atoms with E-state index >= 15 is 0 Å². The van der Waals surface area contributed by atoms with Crippen molar-refractivity contribution in [1.82, 2.24) is 4.90 Å². The molecule has 0 radical (unpaired) electrons. The highest BCUT2D eigenvalue weighted by Crippen LogP contribution is 2.44. The molecule has 2 atom stereocenters. The number of benzene rings is 2. The first-order chi connectivity index (χ1) is 13.7. The minimum Gasteiger partial charge on any atom is -0.294 e. The summed E-state index contributed by atoms with van der Waals surface area (Å²) in [6, 6.07) is 19.4. The van der Waals surface area contributed by atoms with Crippen molar-refractivity contribution in [2.75, 3.05) is 0 Å². The summed E-state index contributed by atoms with van der Waals surface area (Å²) >= 11 is 13.1. The molecule has 0 saturated carbocycles. The van der Waals surface area contributed by atoms with E-state index in [1.54, 1.807) is 0 Å².